The van der Waals surface area contributed by atoms with E-state index in [1.54, 1.807) is 30.3 Å². The number of rotatable bonds is 10. The summed E-state index contributed by atoms with van der Waals surface area (Å²) in [5.74, 6) is 0. The Bertz CT molecular complexity index is 737. The van der Waals surface area contributed by atoms with Crippen LogP contribution in [0.2, 0.25) is 10.0 Å². The van der Waals surface area contributed by atoms with E-state index >= 15 is 0 Å². The molecule has 5 heteroatoms. The van der Waals surface area contributed by atoms with Crippen molar-refractivity contribution in [1.29, 1.82) is 0 Å². The second-order valence-electron chi connectivity index (χ2n) is 6.38. The highest BCUT2D eigenvalue weighted by atomic mass is 35.5. The molecule has 0 aliphatic carbocycles. The van der Waals surface area contributed by atoms with Crippen LogP contribution in [0.5, 0.6) is 0 Å². The average Bonchev–Trinajstić information content (AvgIpc) is 2.64. The number of unbranched alkanes of at least 4 members (excludes halogenated alkanes) is 5. The normalized spacial score (nSPS) is 11.4. The van der Waals surface area contributed by atoms with Gasteiger partial charge in [-0.15, -0.1) is 0 Å². The van der Waals surface area contributed by atoms with Crippen molar-refractivity contribution in [3.8, 4) is 0 Å². The van der Waals surface area contributed by atoms with Crippen molar-refractivity contribution in [2.24, 2.45) is 0 Å². The number of carbonyl (C=O) groups excluding carboxylic acids is 1. The molecule has 2 nitrogen and oxygen atoms in total. The van der Waals surface area contributed by atoms with Crippen LogP contribution in [0.4, 0.5) is 0 Å². The third-order valence-electron chi connectivity index (χ3n) is 4.35. The molecule has 0 aromatic heterocycles. The molecule has 2 aromatic rings. The molecule has 0 saturated carbocycles. The maximum absolute atomic E-state index is 12.6. The minimum atomic E-state index is -2.24. The van der Waals surface area contributed by atoms with E-state index in [9.17, 15) is 9.36 Å². The molecule has 0 spiro atoms. The van der Waals surface area contributed by atoms with Crippen LogP contribution in [0.15, 0.2) is 42.5 Å². The molecule has 0 aliphatic heterocycles. The fourth-order valence-corrected chi connectivity index (χ4v) is 4.63. The van der Waals surface area contributed by atoms with Crippen LogP contribution < -0.4 is 5.30 Å². The Kier molecular flexibility index (Phi) is 8.78. The minimum absolute atomic E-state index is 0.133. The van der Waals surface area contributed by atoms with Crippen LogP contribution in [-0.4, -0.2) is 5.52 Å². The zero-order valence-electron chi connectivity index (χ0n) is 15.0. The van der Waals surface area contributed by atoms with Crippen molar-refractivity contribution in [2.45, 2.75) is 51.9 Å². The molecule has 0 amide bonds. The first-order valence-corrected chi connectivity index (χ1v) is 11.1. The Morgan fingerprint density at radius 3 is 2.08 bits per heavy atom. The maximum atomic E-state index is 12.6. The Hall–Kier alpha value is -1.21. The monoisotopic (exact) mass is 409 g/mol. The van der Waals surface area contributed by atoms with E-state index in [0.29, 0.717) is 5.30 Å². The maximum Gasteiger partial charge on any atom is 0.458 e. The standard InChI is InChI=1S/C21H24Cl2O2P/c1-2-3-4-5-6-7-9-16-12-14-17(15-13-16)26(25)21(24)20-18(22)10-8-11-19(20)23/h8,10-15H,2-7,9H2,1H3/q+1. The lowest BCUT2D eigenvalue weighted by Gasteiger charge is -2.02. The average molecular weight is 410 g/mol. The van der Waals surface area contributed by atoms with Gasteiger partial charge in [-0.05, 0) is 42.7 Å². The lowest BCUT2D eigenvalue weighted by Crippen LogP contribution is -2.05. The van der Waals surface area contributed by atoms with Gasteiger partial charge in [-0.1, -0.05) is 85.0 Å². The van der Waals surface area contributed by atoms with E-state index in [2.05, 4.69) is 6.92 Å². The molecule has 2 aromatic carbocycles. The minimum Gasteiger partial charge on any atom is -0.234 e. The Balaban J connectivity index is 1.95. The van der Waals surface area contributed by atoms with E-state index in [0.717, 1.165) is 12.8 Å². The molecule has 0 saturated heterocycles. The molecule has 26 heavy (non-hydrogen) atoms. The van der Waals surface area contributed by atoms with Gasteiger partial charge in [-0.3, -0.25) is 0 Å². The summed E-state index contributed by atoms with van der Waals surface area (Å²) in [6.07, 6.45) is 8.56. The van der Waals surface area contributed by atoms with Crippen LogP contribution in [0, 0.1) is 0 Å². The summed E-state index contributed by atoms with van der Waals surface area (Å²) in [6, 6.07) is 12.3. The number of aryl methyl sites for hydroxylation is 1. The van der Waals surface area contributed by atoms with Crippen LogP contribution in [0.25, 0.3) is 0 Å². The van der Waals surface area contributed by atoms with E-state index in [1.165, 1.54) is 37.7 Å². The van der Waals surface area contributed by atoms with Gasteiger partial charge < -0.3 is 0 Å². The summed E-state index contributed by atoms with van der Waals surface area (Å²) < 4.78 is 12.6. The van der Waals surface area contributed by atoms with Gasteiger partial charge in [0.15, 0.2) is 5.30 Å². The highest BCUT2D eigenvalue weighted by molar-refractivity contribution is 7.71. The second-order valence-corrected chi connectivity index (χ2v) is 8.71. The first kappa shape index (κ1) is 21.1. The lowest BCUT2D eigenvalue weighted by atomic mass is 10.1. The zero-order valence-corrected chi connectivity index (χ0v) is 17.4. The fraction of sp³-hybridized carbons (Fsp3) is 0.381. The third-order valence-corrected chi connectivity index (χ3v) is 6.34. The molecule has 0 heterocycles. The van der Waals surface area contributed by atoms with Crippen molar-refractivity contribution in [1.82, 2.24) is 0 Å². The predicted octanol–water partition coefficient (Wildman–Crippen LogP) is 7.19. The van der Waals surface area contributed by atoms with Gasteiger partial charge in [-0.2, -0.15) is 0 Å². The number of benzene rings is 2. The molecule has 2 rings (SSSR count). The van der Waals surface area contributed by atoms with E-state index in [4.69, 9.17) is 23.2 Å². The first-order chi connectivity index (χ1) is 12.5. The van der Waals surface area contributed by atoms with Crippen molar-refractivity contribution < 1.29 is 9.36 Å². The number of carbonyl (C=O) groups is 1. The highest BCUT2D eigenvalue weighted by Gasteiger charge is 2.35. The second kappa shape index (κ2) is 10.8. The van der Waals surface area contributed by atoms with Crippen molar-refractivity contribution >= 4 is 41.8 Å². The quantitative estimate of drug-likeness (QED) is 0.307. The van der Waals surface area contributed by atoms with Crippen molar-refractivity contribution in [3.63, 3.8) is 0 Å². The Morgan fingerprint density at radius 1 is 0.885 bits per heavy atom. The largest absolute Gasteiger partial charge is 0.458 e. The van der Waals surface area contributed by atoms with E-state index < -0.39 is 13.3 Å². The Morgan fingerprint density at radius 2 is 1.46 bits per heavy atom. The van der Waals surface area contributed by atoms with Crippen molar-refractivity contribution in [3.05, 3.63) is 63.6 Å². The number of halogens is 2. The van der Waals surface area contributed by atoms with Gasteiger partial charge in [0, 0.05) is 0 Å². The fourth-order valence-electron chi connectivity index (χ4n) is 2.83. The summed E-state index contributed by atoms with van der Waals surface area (Å²) in [4.78, 5) is 12.5. The van der Waals surface area contributed by atoms with Gasteiger partial charge in [0.2, 0.25) is 0 Å². The molecule has 1 atom stereocenters. The Labute approximate surface area is 166 Å². The topological polar surface area (TPSA) is 34.1 Å². The lowest BCUT2D eigenvalue weighted by molar-refractivity contribution is 0.108. The summed E-state index contributed by atoms with van der Waals surface area (Å²) in [6.45, 7) is 2.22. The number of hydrogen-bond acceptors (Lipinski definition) is 2. The summed E-state index contributed by atoms with van der Waals surface area (Å²) in [7, 11) is -2.24. The SMILES string of the molecule is CCCCCCCCc1ccc([P+](=O)C(=O)c2c(Cl)cccc2Cl)cc1. The molecule has 0 radical (unpaired) electrons. The van der Waals surface area contributed by atoms with Crippen LogP contribution in [0.3, 0.4) is 0 Å². The molecular formula is C21H24Cl2O2P+. The van der Waals surface area contributed by atoms with Gasteiger partial charge >= 0.3 is 13.3 Å². The predicted molar refractivity (Wildman–Crippen MR) is 112 cm³/mol. The molecule has 1 unspecified atom stereocenters. The summed E-state index contributed by atoms with van der Waals surface area (Å²) in [5.41, 5.74) is 0.809. The third kappa shape index (κ3) is 5.91. The van der Waals surface area contributed by atoms with Crippen LogP contribution >= 0.6 is 31.0 Å². The molecule has 0 aliphatic rings. The van der Waals surface area contributed by atoms with Gasteiger partial charge in [-0.25, -0.2) is 4.79 Å². The molecule has 0 bridgehead atoms. The molecule has 0 N–H and O–H groups in total. The van der Waals surface area contributed by atoms with Crippen LogP contribution in [-0.2, 0) is 11.0 Å². The van der Waals surface area contributed by atoms with E-state index in [-0.39, 0.29) is 15.6 Å². The van der Waals surface area contributed by atoms with Crippen LogP contribution in [0.1, 0.15) is 61.4 Å². The van der Waals surface area contributed by atoms with Gasteiger partial charge in [0.05, 0.1) is 10.0 Å². The summed E-state index contributed by atoms with van der Waals surface area (Å²) >= 11 is 12.1. The zero-order chi connectivity index (χ0) is 18.9. The molecule has 138 valence electrons. The van der Waals surface area contributed by atoms with E-state index in [1.807, 2.05) is 12.1 Å². The number of hydrogen-bond donors (Lipinski definition) is 0. The summed E-state index contributed by atoms with van der Waals surface area (Å²) in [5, 5.41) is 0.962. The smallest absolute Gasteiger partial charge is 0.234 e. The molecular weight excluding hydrogens is 386 g/mol. The first-order valence-electron chi connectivity index (χ1n) is 9.09. The highest BCUT2D eigenvalue weighted by Crippen LogP contribution is 2.34. The molecule has 0 fully saturated rings. The van der Waals surface area contributed by atoms with Gasteiger partial charge in [0.1, 0.15) is 5.56 Å². The van der Waals surface area contributed by atoms with Gasteiger partial charge in [0.25, 0.3) is 0 Å². The van der Waals surface area contributed by atoms with Crippen molar-refractivity contribution in [2.75, 3.05) is 0 Å².